The van der Waals surface area contributed by atoms with Gasteiger partial charge in [0.15, 0.2) is 0 Å². The highest BCUT2D eigenvalue weighted by Gasteiger charge is 2.34. The molecular weight excluding hydrogens is 338 g/mol. The first-order valence-electron chi connectivity index (χ1n) is 7.55. The smallest absolute Gasteiger partial charge is 0.283 e. The molecule has 3 aromatic rings. The molecule has 0 spiro atoms. The summed E-state index contributed by atoms with van der Waals surface area (Å²) in [6.07, 6.45) is -0.862. The Morgan fingerprint density at radius 1 is 1.25 bits per heavy atom. The van der Waals surface area contributed by atoms with Crippen LogP contribution in [0.4, 0.5) is 8.78 Å². The number of benzene rings is 1. The van der Waals surface area contributed by atoms with Crippen LogP contribution < -0.4 is 0 Å². The molecular formula is C16H13ClF2N4O. The Balaban J connectivity index is 1.64. The van der Waals surface area contributed by atoms with E-state index in [1.165, 1.54) is 4.68 Å². The molecule has 0 bridgehead atoms. The molecule has 5 nitrogen and oxygen atoms in total. The Labute approximate surface area is 141 Å². The number of rotatable bonds is 5. The molecule has 0 unspecified atom stereocenters. The zero-order valence-corrected chi connectivity index (χ0v) is 13.2. The largest absolute Gasteiger partial charge is 0.337 e. The van der Waals surface area contributed by atoms with E-state index in [4.69, 9.17) is 16.1 Å². The van der Waals surface area contributed by atoms with Crippen LogP contribution in [0.1, 0.15) is 42.5 Å². The molecule has 1 aliphatic carbocycles. The van der Waals surface area contributed by atoms with E-state index in [0.29, 0.717) is 17.4 Å². The minimum absolute atomic E-state index is 0.0512. The van der Waals surface area contributed by atoms with Gasteiger partial charge in [-0.05, 0) is 12.8 Å². The summed E-state index contributed by atoms with van der Waals surface area (Å²) in [4.78, 5) is 4.31. The van der Waals surface area contributed by atoms with Gasteiger partial charge in [0, 0.05) is 11.5 Å². The summed E-state index contributed by atoms with van der Waals surface area (Å²) >= 11 is 6.10. The zero-order valence-electron chi connectivity index (χ0n) is 12.5. The lowest BCUT2D eigenvalue weighted by Crippen LogP contribution is -2.06. The van der Waals surface area contributed by atoms with Gasteiger partial charge in [-0.2, -0.15) is 10.1 Å². The van der Waals surface area contributed by atoms with Crippen LogP contribution in [0.15, 0.2) is 34.9 Å². The Morgan fingerprint density at radius 3 is 2.67 bits per heavy atom. The van der Waals surface area contributed by atoms with Gasteiger partial charge in [-0.1, -0.05) is 47.1 Å². The van der Waals surface area contributed by atoms with Gasteiger partial charge in [0.05, 0.1) is 10.7 Å². The quantitative estimate of drug-likeness (QED) is 0.682. The summed E-state index contributed by atoms with van der Waals surface area (Å²) in [5.74, 6) is 0.927. The number of hydrogen-bond acceptors (Lipinski definition) is 4. The summed E-state index contributed by atoms with van der Waals surface area (Å²) < 4.78 is 32.8. The molecule has 0 N–H and O–H groups in total. The minimum atomic E-state index is -2.71. The van der Waals surface area contributed by atoms with Gasteiger partial charge in [-0.15, -0.1) is 0 Å². The van der Waals surface area contributed by atoms with Gasteiger partial charge in [0.2, 0.25) is 11.7 Å². The van der Waals surface area contributed by atoms with Crippen molar-refractivity contribution >= 4 is 11.6 Å². The van der Waals surface area contributed by atoms with Gasteiger partial charge in [-0.3, -0.25) is 4.68 Å². The molecule has 1 fully saturated rings. The fourth-order valence-corrected chi connectivity index (χ4v) is 3.00. The lowest BCUT2D eigenvalue weighted by atomic mass is 10.2. The first-order valence-corrected chi connectivity index (χ1v) is 7.93. The first kappa shape index (κ1) is 15.3. The number of halogens is 3. The lowest BCUT2D eigenvalue weighted by Gasteiger charge is -2.03. The van der Waals surface area contributed by atoms with Crippen molar-refractivity contribution in [1.82, 2.24) is 19.9 Å². The molecule has 0 aliphatic heterocycles. The number of aromatic nitrogens is 4. The Kier molecular flexibility index (Phi) is 3.80. The third kappa shape index (κ3) is 2.80. The Bertz CT molecular complexity index is 858. The third-order valence-electron chi connectivity index (χ3n) is 3.91. The van der Waals surface area contributed by atoms with Crippen LogP contribution in [0.5, 0.6) is 0 Å². The molecule has 8 heteroatoms. The number of alkyl halides is 2. The second kappa shape index (κ2) is 5.98. The summed E-state index contributed by atoms with van der Waals surface area (Å²) in [6.45, 7) is 0.123. The predicted molar refractivity (Wildman–Crippen MR) is 83.0 cm³/mol. The maximum atomic E-state index is 13.1. The fourth-order valence-electron chi connectivity index (χ4n) is 2.63. The van der Waals surface area contributed by atoms with Crippen molar-refractivity contribution in [1.29, 1.82) is 0 Å². The summed E-state index contributed by atoms with van der Waals surface area (Å²) in [7, 11) is 0. The molecule has 0 amide bonds. The fraction of sp³-hybridized carbons (Fsp3) is 0.312. The van der Waals surface area contributed by atoms with Crippen LogP contribution in [0.25, 0.3) is 11.4 Å². The van der Waals surface area contributed by atoms with E-state index in [9.17, 15) is 8.78 Å². The van der Waals surface area contributed by atoms with E-state index in [-0.39, 0.29) is 23.2 Å². The Hall–Kier alpha value is -2.28. The third-order valence-corrected chi connectivity index (χ3v) is 4.30. The maximum Gasteiger partial charge on any atom is 0.283 e. The molecule has 1 aromatic carbocycles. The average Bonchev–Trinajstić information content (AvgIpc) is 3.20. The second-order valence-corrected chi connectivity index (χ2v) is 6.07. The van der Waals surface area contributed by atoms with Crippen molar-refractivity contribution < 1.29 is 13.3 Å². The predicted octanol–water partition coefficient (Wildman–Crippen LogP) is 4.45. The van der Waals surface area contributed by atoms with E-state index < -0.39 is 6.43 Å². The molecule has 4 rings (SSSR count). The van der Waals surface area contributed by atoms with Crippen molar-refractivity contribution in [3.8, 4) is 11.4 Å². The normalized spacial score (nSPS) is 14.5. The molecule has 2 aromatic heterocycles. The summed E-state index contributed by atoms with van der Waals surface area (Å²) in [6, 6.07) is 9.37. The van der Waals surface area contributed by atoms with E-state index in [0.717, 1.165) is 18.4 Å². The number of hydrogen-bond donors (Lipinski definition) is 0. The zero-order chi connectivity index (χ0) is 16.7. The molecule has 2 heterocycles. The van der Waals surface area contributed by atoms with Crippen molar-refractivity contribution in [3.63, 3.8) is 0 Å². The first-order chi connectivity index (χ1) is 11.6. The van der Waals surface area contributed by atoms with Gasteiger partial charge < -0.3 is 4.52 Å². The molecule has 1 saturated carbocycles. The van der Waals surface area contributed by atoms with E-state index in [1.54, 1.807) is 0 Å². The summed E-state index contributed by atoms with van der Waals surface area (Å²) in [5.41, 5.74) is 1.06. The van der Waals surface area contributed by atoms with Crippen LogP contribution in [0.2, 0.25) is 5.02 Å². The van der Waals surface area contributed by atoms with Gasteiger partial charge >= 0.3 is 0 Å². The van der Waals surface area contributed by atoms with Crippen LogP contribution in [0.3, 0.4) is 0 Å². The van der Waals surface area contributed by atoms with Crippen molar-refractivity contribution in [3.05, 3.63) is 52.6 Å². The summed E-state index contributed by atoms with van der Waals surface area (Å²) in [5, 5.41) is 7.93. The maximum absolute atomic E-state index is 13.1. The highest BCUT2D eigenvalue weighted by Crippen LogP contribution is 2.45. The molecule has 0 radical (unpaired) electrons. The molecule has 1 aliphatic rings. The van der Waals surface area contributed by atoms with Gasteiger partial charge in [0.1, 0.15) is 12.2 Å². The average molecular weight is 351 g/mol. The highest BCUT2D eigenvalue weighted by atomic mass is 35.5. The van der Waals surface area contributed by atoms with Gasteiger partial charge in [0.25, 0.3) is 6.43 Å². The molecule has 124 valence electrons. The number of nitrogens with zero attached hydrogens (tertiary/aromatic N) is 4. The standard InChI is InChI=1S/C16H13ClF2N4O/c17-12-13(15(18)19)21-23(14(12)9-6-7-9)8-11-20-16(22-24-11)10-4-2-1-3-5-10/h1-5,9,15H,6-8H2. The Morgan fingerprint density at radius 2 is 2.00 bits per heavy atom. The van der Waals surface area contributed by atoms with Crippen LogP contribution in [-0.2, 0) is 6.54 Å². The van der Waals surface area contributed by atoms with Crippen LogP contribution >= 0.6 is 11.6 Å². The second-order valence-electron chi connectivity index (χ2n) is 5.69. The SMILES string of the molecule is FC(F)c1nn(Cc2nc(-c3ccccc3)no2)c(C2CC2)c1Cl. The molecule has 0 saturated heterocycles. The van der Waals surface area contributed by atoms with Gasteiger partial charge in [-0.25, -0.2) is 8.78 Å². The van der Waals surface area contributed by atoms with Crippen molar-refractivity contribution in [2.24, 2.45) is 0 Å². The van der Waals surface area contributed by atoms with E-state index >= 15 is 0 Å². The van der Waals surface area contributed by atoms with Crippen molar-refractivity contribution in [2.75, 3.05) is 0 Å². The molecule has 24 heavy (non-hydrogen) atoms. The topological polar surface area (TPSA) is 56.7 Å². The van der Waals surface area contributed by atoms with Crippen LogP contribution in [0, 0.1) is 0 Å². The van der Waals surface area contributed by atoms with Crippen molar-refractivity contribution in [2.45, 2.75) is 31.7 Å². The molecule has 0 atom stereocenters. The monoisotopic (exact) mass is 350 g/mol. The lowest BCUT2D eigenvalue weighted by molar-refractivity contribution is 0.145. The van der Waals surface area contributed by atoms with Crippen LogP contribution in [-0.4, -0.2) is 19.9 Å². The van der Waals surface area contributed by atoms with E-state index in [1.807, 2.05) is 30.3 Å². The highest BCUT2D eigenvalue weighted by molar-refractivity contribution is 6.32. The van der Waals surface area contributed by atoms with E-state index in [2.05, 4.69) is 15.2 Å². The minimum Gasteiger partial charge on any atom is -0.337 e.